The van der Waals surface area contributed by atoms with Crippen molar-refractivity contribution in [3.8, 4) is 5.75 Å². The van der Waals surface area contributed by atoms with E-state index in [1.165, 1.54) is 6.08 Å². The minimum Gasteiger partial charge on any atom is -0.497 e. The number of nitrogens with one attached hydrogen (secondary N) is 1. The van der Waals surface area contributed by atoms with Crippen LogP contribution in [0.25, 0.3) is 6.08 Å². The van der Waals surface area contributed by atoms with Crippen molar-refractivity contribution in [3.63, 3.8) is 0 Å². The molecule has 1 aromatic carbocycles. The predicted octanol–water partition coefficient (Wildman–Crippen LogP) is 2.23. The van der Waals surface area contributed by atoms with Crippen LogP contribution in [0.4, 0.5) is 0 Å². The first-order valence-electron chi connectivity index (χ1n) is 6.61. The number of hydrogen-bond acceptors (Lipinski definition) is 3. The number of methoxy groups -OCH3 is 1. The van der Waals surface area contributed by atoms with Crippen LogP contribution in [-0.4, -0.2) is 30.8 Å². The summed E-state index contributed by atoms with van der Waals surface area (Å²) in [7, 11) is 1.60. The molecule has 1 rings (SSSR count). The van der Waals surface area contributed by atoms with Crippen molar-refractivity contribution < 1.29 is 14.6 Å². The van der Waals surface area contributed by atoms with Crippen LogP contribution >= 0.6 is 0 Å². The lowest BCUT2D eigenvalue weighted by atomic mass is 9.89. The lowest BCUT2D eigenvalue weighted by Crippen LogP contribution is -2.38. The number of carbonyl (C=O) groups excluding carboxylic acids is 1. The van der Waals surface area contributed by atoms with E-state index < -0.39 is 6.10 Å². The Morgan fingerprint density at radius 3 is 2.75 bits per heavy atom. The zero-order valence-corrected chi connectivity index (χ0v) is 12.5. The molecule has 0 heterocycles. The largest absolute Gasteiger partial charge is 0.497 e. The Balaban J connectivity index is 2.51. The van der Waals surface area contributed by atoms with Gasteiger partial charge in [0.2, 0.25) is 5.91 Å². The highest BCUT2D eigenvalue weighted by Gasteiger charge is 2.21. The van der Waals surface area contributed by atoms with Gasteiger partial charge in [0.05, 0.1) is 13.2 Å². The first-order valence-corrected chi connectivity index (χ1v) is 6.61. The second-order valence-electron chi connectivity index (χ2n) is 5.74. The highest BCUT2D eigenvalue weighted by atomic mass is 16.5. The molecule has 0 saturated heterocycles. The fourth-order valence-corrected chi connectivity index (χ4v) is 1.48. The minimum absolute atomic E-state index is 0.226. The maximum Gasteiger partial charge on any atom is 0.244 e. The topological polar surface area (TPSA) is 58.6 Å². The molecule has 1 unspecified atom stereocenters. The molecule has 1 amide bonds. The number of benzene rings is 1. The van der Waals surface area contributed by atoms with Gasteiger partial charge in [0.15, 0.2) is 0 Å². The van der Waals surface area contributed by atoms with E-state index in [2.05, 4.69) is 5.32 Å². The second-order valence-corrected chi connectivity index (χ2v) is 5.74. The van der Waals surface area contributed by atoms with Crippen LogP contribution in [0.1, 0.15) is 26.3 Å². The van der Waals surface area contributed by atoms with E-state index >= 15 is 0 Å². The van der Waals surface area contributed by atoms with E-state index in [1.54, 1.807) is 13.2 Å². The maximum absolute atomic E-state index is 11.7. The highest BCUT2D eigenvalue weighted by Crippen LogP contribution is 2.18. The van der Waals surface area contributed by atoms with E-state index in [9.17, 15) is 9.90 Å². The SMILES string of the molecule is COc1cccc(/C=C/C(=O)NCC(O)C(C)(C)C)c1. The second kappa shape index (κ2) is 7.10. The Hall–Kier alpha value is -1.81. The van der Waals surface area contributed by atoms with E-state index in [-0.39, 0.29) is 17.9 Å². The van der Waals surface area contributed by atoms with Crippen LogP contribution in [0.5, 0.6) is 5.75 Å². The van der Waals surface area contributed by atoms with Crippen LogP contribution in [0.15, 0.2) is 30.3 Å². The average molecular weight is 277 g/mol. The Kier molecular flexibility index (Phi) is 5.77. The minimum atomic E-state index is -0.573. The first kappa shape index (κ1) is 16.2. The molecule has 4 heteroatoms. The van der Waals surface area contributed by atoms with E-state index in [0.717, 1.165) is 11.3 Å². The summed E-state index contributed by atoms with van der Waals surface area (Å²) in [6.07, 6.45) is 2.59. The van der Waals surface area contributed by atoms with Gasteiger partial charge in [0.1, 0.15) is 5.75 Å². The molecule has 0 aliphatic rings. The molecule has 0 fully saturated rings. The summed E-state index contributed by atoms with van der Waals surface area (Å²) in [5, 5.41) is 12.5. The summed E-state index contributed by atoms with van der Waals surface area (Å²) in [6.45, 7) is 6.02. The summed E-state index contributed by atoms with van der Waals surface area (Å²) in [5.41, 5.74) is 0.639. The highest BCUT2D eigenvalue weighted by molar-refractivity contribution is 5.91. The number of aliphatic hydroxyl groups is 1. The Bertz CT molecular complexity index is 475. The Morgan fingerprint density at radius 1 is 1.45 bits per heavy atom. The standard InChI is InChI=1S/C16H23NO3/c1-16(2,3)14(18)11-17-15(19)9-8-12-6-5-7-13(10-12)20-4/h5-10,14,18H,11H2,1-4H3,(H,17,19)/b9-8+. The monoisotopic (exact) mass is 277 g/mol. The van der Waals surface area contributed by atoms with Crippen molar-refractivity contribution in [3.05, 3.63) is 35.9 Å². The van der Waals surface area contributed by atoms with Gasteiger partial charge in [0, 0.05) is 12.6 Å². The molecule has 0 aliphatic carbocycles. The van der Waals surface area contributed by atoms with Gasteiger partial charge in [-0.15, -0.1) is 0 Å². The summed E-state index contributed by atoms with van der Waals surface area (Å²) in [5.74, 6) is 0.520. The van der Waals surface area contributed by atoms with Gasteiger partial charge in [-0.2, -0.15) is 0 Å². The van der Waals surface area contributed by atoms with Gasteiger partial charge in [-0.3, -0.25) is 4.79 Å². The Labute approximate surface area is 120 Å². The summed E-state index contributed by atoms with van der Waals surface area (Å²) >= 11 is 0. The van der Waals surface area contributed by atoms with Crippen LogP contribution in [0.3, 0.4) is 0 Å². The normalized spacial score (nSPS) is 13.2. The van der Waals surface area contributed by atoms with Crippen molar-refractivity contribution in [1.82, 2.24) is 5.32 Å². The molecule has 0 aliphatic heterocycles. The molecule has 110 valence electrons. The molecule has 1 aromatic rings. The lowest BCUT2D eigenvalue weighted by Gasteiger charge is -2.25. The summed E-state index contributed by atoms with van der Waals surface area (Å²) in [4.78, 5) is 11.7. The molecule has 0 aromatic heterocycles. The lowest BCUT2D eigenvalue weighted by molar-refractivity contribution is -0.117. The number of hydrogen-bond donors (Lipinski definition) is 2. The van der Waals surface area contributed by atoms with Crippen LogP contribution in [0.2, 0.25) is 0 Å². The molecule has 20 heavy (non-hydrogen) atoms. The average Bonchev–Trinajstić information content (AvgIpc) is 2.41. The molecule has 0 saturated carbocycles. The van der Waals surface area contributed by atoms with Gasteiger partial charge in [-0.25, -0.2) is 0 Å². The van der Waals surface area contributed by atoms with Crippen molar-refractivity contribution in [2.75, 3.05) is 13.7 Å². The van der Waals surface area contributed by atoms with Crippen LogP contribution in [-0.2, 0) is 4.79 Å². The molecule has 0 radical (unpaired) electrons. The smallest absolute Gasteiger partial charge is 0.244 e. The van der Waals surface area contributed by atoms with E-state index in [4.69, 9.17) is 4.74 Å². The van der Waals surface area contributed by atoms with Crippen LogP contribution in [0, 0.1) is 5.41 Å². The molecule has 0 bridgehead atoms. The molecule has 2 N–H and O–H groups in total. The van der Waals surface area contributed by atoms with Gasteiger partial charge in [-0.05, 0) is 29.2 Å². The zero-order chi connectivity index (χ0) is 15.2. The maximum atomic E-state index is 11.7. The number of carbonyl (C=O) groups is 1. The molecular formula is C16H23NO3. The fourth-order valence-electron chi connectivity index (χ4n) is 1.48. The number of rotatable bonds is 5. The quantitative estimate of drug-likeness (QED) is 0.811. The fraction of sp³-hybridized carbons (Fsp3) is 0.438. The van der Waals surface area contributed by atoms with Crippen molar-refractivity contribution in [2.45, 2.75) is 26.9 Å². The van der Waals surface area contributed by atoms with Crippen molar-refractivity contribution >= 4 is 12.0 Å². The number of ether oxygens (including phenoxy) is 1. The van der Waals surface area contributed by atoms with Gasteiger partial charge >= 0.3 is 0 Å². The van der Waals surface area contributed by atoms with Crippen molar-refractivity contribution in [1.29, 1.82) is 0 Å². The zero-order valence-electron chi connectivity index (χ0n) is 12.5. The van der Waals surface area contributed by atoms with Gasteiger partial charge in [0.25, 0.3) is 0 Å². The third kappa shape index (κ3) is 5.45. The number of amides is 1. The van der Waals surface area contributed by atoms with Crippen LogP contribution < -0.4 is 10.1 Å². The Morgan fingerprint density at radius 2 is 2.15 bits per heavy atom. The predicted molar refractivity (Wildman–Crippen MR) is 80.5 cm³/mol. The molecule has 4 nitrogen and oxygen atoms in total. The van der Waals surface area contributed by atoms with Crippen molar-refractivity contribution in [2.24, 2.45) is 5.41 Å². The molecule has 1 atom stereocenters. The van der Waals surface area contributed by atoms with Gasteiger partial charge in [-0.1, -0.05) is 32.9 Å². The summed E-state index contributed by atoms with van der Waals surface area (Å²) in [6, 6.07) is 7.43. The third-order valence-corrected chi connectivity index (χ3v) is 2.99. The number of aliphatic hydroxyl groups excluding tert-OH is 1. The van der Waals surface area contributed by atoms with E-state index in [1.807, 2.05) is 45.0 Å². The third-order valence-electron chi connectivity index (χ3n) is 2.99. The molecular weight excluding hydrogens is 254 g/mol. The van der Waals surface area contributed by atoms with Gasteiger partial charge < -0.3 is 15.2 Å². The van der Waals surface area contributed by atoms with E-state index in [0.29, 0.717) is 0 Å². The molecule has 0 spiro atoms. The first-order chi connectivity index (χ1) is 9.32. The summed E-state index contributed by atoms with van der Waals surface area (Å²) < 4.78 is 5.11.